The first-order chi connectivity index (χ1) is 12.2. The van der Waals surface area contributed by atoms with E-state index in [-0.39, 0.29) is 5.91 Å². The Hall–Kier alpha value is -2.69. The molecule has 1 aliphatic carbocycles. The van der Waals surface area contributed by atoms with Gasteiger partial charge >= 0.3 is 0 Å². The molecule has 5 heteroatoms. The fourth-order valence-electron chi connectivity index (χ4n) is 3.70. The maximum absolute atomic E-state index is 12.8. The van der Waals surface area contributed by atoms with Gasteiger partial charge < -0.3 is 5.32 Å². The van der Waals surface area contributed by atoms with Crippen molar-refractivity contribution in [2.24, 2.45) is 0 Å². The molecule has 2 aliphatic heterocycles. The number of imidazole rings is 1. The summed E-state index contributed by atoms with van der Waals surface area (Å²) < 4.78 is 2.00. The van der Waals surface area contributed by atoms with Crippen LogP contribution in [0.1, 0.15) is 48.0 Å². The topological polar surface area (TPSA) is 59.8 Å². The highest BCUT2D eigenvalue weighted by atomic mass is 16.1. The molecule has 4 rings (SSSR count). The quantitative estimate of drug-likeness (QED) is 0.794. The van der Waals surface area contributed by atoms with Crippen LogP contribution < -0.4 is 5.32 Å². The van der Waals surface area contributed by atoms with Crippen LogP contribution in [0.3, 0.4) is 0 Å². The van der Waals surface area contributed by atoms with Gasteiger partial charge in [-0.3, -0.25) is 9.36 Å². The van der Waals surface area contributed by atoms with Crippen LogP contribution in [0.15, 0.2) is 42.9 Å². The SMILES string of the molecule is Cc1c(C(=O)NC2CCCCC2)cccc1-n1cccc2ncnc1-2. The van der Waals surface area contributed by atoms with Gasteiger partial charge in [-0.15, -0.1) is 0 Å². The molecule has 1 saturated carbocycles. The lowest BCUT2D eigenvalue weighted by Crippen LogP contribution is -2.36. The lowest BCUT2D eigenvalue weighted by atomic mass is 9.95. The predicted molar refractivity (Wildman–Crippen MR) is 97.1 cm³/mol. The van der Waals surface area contributed by atoms with E-state index in [1.165, 1.54) is 19.3 Å². The Bertz CT molecular complexity index is 864. The Balaban J connectivity index is 1.66. The number of nitrogens with zero attached hydrogens (tertiary/aromatic N) is 3. The number of carbonyl (C=O) groups is 1. The number of amides is 1. The molecule has 2 heterocycles. The van der Waals surface area contributed by atoms with Crippen molar-refractivity contribution in [3.8, 4) is 17.2 Å². The van der Waals surface area contributed by atoms with Crippen LogP contribution in [0.5, 0.6) is 0 Å². The van der Waals surface area contributed by atoms with Gasteiger partial charge in [0.15, 0.2) is 5.82 Å². The average molecular weight is 334 g/mol. The largest absolute Gasteiger partial charge is 0.349 e. The lowest BCUT2D eigenvalue weighted by molar-refractivity contribution is 0.0927. The summed E-state index contributed by atoms with van der Waals surface area (Å²) in [6.45, 7) is 1.99. The zero-order valence-corrected chi connectivity index (χ0v) is 14.4. The number of benzene rings is 1. The van der Waals surface area contributed by atoms with Gasteiger partial charge in [-0.1, -0.05) is 25.3 Å². The third kappa shape index (κ3) is 3.02. The van der Waals surface area contributed by atoms with E-state index in [2.05, 4.69) is 15.3 Å². The maximum Gasteiger partial charge on any atom is 0.251 e. The van der Waals surface area contributed by atoms with E-state index >= 15 is 0 Å². The molecule has 0 saturated heterocycles. The highest BCUT2D eigenvalue weighted by molar-refractivity contribution is 5.96. The Morgan fingerprint density at radius 1 is 1.12 bits per heavy atom. The average Bonchev–Trinajstić information content (AvgIpc) is 3.11. The molecule has 128 valence electrons. The van der Waals surface area contributed by atoms with Crippen molar-refractivity contribution in [2.45, 2.75) is 45.1 Å². The molecule has 1 aromatic rings. The van der Waals surface area contributed by atoms with Crippen LogP contribution in [-0.4, -0.2) is 26.5 Å². The number of pyridine rings is 1. The fraction of sp³-hybridized carbons (Fsp3) is 0.350. The fourth-order valence-corrected chi connectivity index (χ4v) is 3.70. The summed E-state index contributed by atoms with van der Waals surface area (Å²) in [5, 5.41) is 3.21. The minimum Gasteiger partial charge on any atom is -0.349 e. The molecule has 1 fully saturated rings. The number of hydrogen-bond acceptors (Lipinski definition) is 3. The number of fused-ring (bicyclic) bond motifs is 1. The highest BCUT2D eigenvalue weighted by Gasteiger charge is 2.20. The molecule has 0 spiro atoms. The van der Waals surface area contributed by atoms with Gasteiger partial charge in [0.1, 0.15) is 12.0 Å². The Labute approximate surface area is 147 Å². The smallest absolute Gasteiger partial charge is 0.251 e. The van der Waals surface area contributed by atoms with Crippen LogP contribution in [-0.2, 0) is 0 Å². The molecule has 1 amide bonds. The summed E-state index contributed by atoms with van der Waals surface area (Å²) in [5.74, 6) is 0.822. The normalized spacial score (nSPS) is 15.4. The van der Waals surface area contributed by atoms with Crippen molar-refractivity contribution in [3.05, 3.63) is 54.0 Å². The van der Waals surface area contributed by atoms with Crippen LogP contribution in [0.4, 0.5) is 0 Å². The number of carbonyl (C=O) groups excluding carboxylic acids is 1. The van der Waals surface area contributed by atoms with E-state index in [1.807, 2.05) is 48.0 Å². The van der Waals surface area contributed by atoms with Gasteiger partial charge in [0.25, 0.3) is 5.91 Å². The predicted octanol–water partition coefficient (Wildman–Crippen LogP) is 3.74. The summed E-state index contributed by atoms with van der Waals surface area (Å²) in [4.78, 5) is 21.4. The zero-order valence-electron chi connectivity index (χ0n) is 14.4. The maximum atomic E-state index is 12.8. The molecule has 3 aliphatic rings. The number of nitrogens with one attached hydrogen (secondary N) is 1. The van der Waals surface area contributed by atoms with E-state index in [9.17, 15) is 4.79 Å². The van der Waals surface area contributed by atoms with Crippen LogP contribution >= 0.6 is 0 Å². The van der Waals surface area contributed by atoms with Crippen molar-refractivity contribution >= 4 is 5.91 Å². The molecular formula is C20H22N4O. The molecular weight excluding hydrogens is 312 g/mol. The van der Waals surface area contributed by atoms with Gasteiger partial charge in [-0.2, -0.15) is 0 Å². The summed E-state index contributed by atoms with van der Waals surface area (Å²) in [6.07, 6.45) is 9.39. The van der Waals surface area contributed by atoms with Crippen molar-refractivity contribution in [1.29, 1.82) is 0 Å². The lowest BCUT2D eigenvalue weighted by Gasteiger charge is -2.23. The number of rotatable bonds is 3. The number of aromatic nitrogens is 3. The van der Waals surface area contributed by atoms with Gasteiger partial charge in [0.05, 0.1) is 5.69 Å². The van der Waals surface area contributed by atoms with Crippen molar-refractivity contribution in [1.82, 2.24) is 19.9 Å². The van der Waals surface area contributed by atoms with Crippen molar-refractivity contribution < 1.29 is 4.79 Å². The summed E-state index contributed by atoms with van der Waals surface area (Å²) >= 11 is 0. The van der Waals surface area contributed by atoms with Crippen molar-refractivity contribution in [3.63, 3.8) is 0 Å². The zero-order chi connectivity index (χ0) is 17.2. The minimum atomic E-state index is 0.0209. The third-order valence-corrected chi connectivity index (χ3v) is 5.07. The molecule has 1 aromatic carbocycles. The van der Waals surface area contributed by atoms with E-state index in [1.54, 1.807) is 6.33 Å². The second-order valence-electron chi connectivity index (χ2n) is 6.72. The standard InChI is InChI=1S/C20H22N4O/c1-14-16(20(25)23-15-7-3-2-4-8-15)9-5-11-18(14)24-12-6-10-17-19(24)22-13-21-17/h5-6,9-13,15H,2-4,7-8H2,1H3,(H,23,25). The summed E-state index contributed by atoms with van der Waals surface area (Å²) in [7, 11) is 0. The Morgan fingerprint density at radius 3 is 2.80 bits per heavy atom. The molecule has 0 aromatic heterocycles. The van der Waals surface area contributed by atoms with Gasteiger partial charge in [0.2, 0.25) is 0 Å². The molecule has 5 nitrogen and oxygen atoms in total. The molecule has 0 unspecified atom stereocenters. The minimum absolute atomic E-state index is 0.0209. The van der Waals surface area contributed by atoms with Crippen LogP contribution in [0, 0.1) is 6.92 Å². The molecule has 0 bridgehead atoms. The second kappa shape index (κ2) is 6.67. The first kappa shape index (κ1) is 15.8. The monoisotopic (exact) mass is 334 g/mol. The summed E-state index contributed by atoms with van der Waals surface area (Å²) in [6, 6.07) is 10.0. The first-order valence-electron chi connectivity index (χ1n) is 8.93. The van der Waals surface area contributed by atoms with Gasteiger partial charge in [-0.05, 0) is 49.6 Å². The van der Waals surface area contributed by atoms with E-state index in [4.69, 9.17) is 0 Å². The third-order valence-electron chi connectivity index (χ3n) is 5.07. The van der Waals surface area contributed by atoms with Gasteiger partial charge in [0, 0.05) is 17.8 Å². The van der Waals surface area contributed by atoms with E-state index in [0.29, 0.717) is 6.04 Å². The molecule has 1 N–H and O–H groups in total. The van der Waals surface area contributed by atoms with Crippen LogP contribution in [0.2, 0.25) is 0 Å². The highest BCUT2D eigenvalue weighted by Crippen LogP contribution is 2.25. The number of hydrogen-bond donors (Lipinski definition) is 1. The molecule has 0 atom stereocenters. The van der Waals surface area contributed by atoms with E-state index in [0.717, 1.165) is 41.2 Å². The van der Waals surface area contributed by atoms with Gasteiger partial charge in [-0.25, -0.2) is 9.97 Å². The van der Waals surface area contributed by atoms with Crippen LogP contribution in [0.25, 0.3) is 17.2 Å². The molecule has 0 radical (unpaired) electrons. The second-order valence-corrected chi connectivity index (χ2v) is 6.72. The first-order valence-corrected chi connectivity index (χ1v) is 8.93. The Kier molecular flexibility index (Phi) is 4.22. The van der Waals surface area contributed by atoms with E-state index < -0.39 is 0 Å². The molecule has 25 heavy (non-hydrogen) atoms. The summed E-state index contributed by atoms with van der Waals surface area (Å²) in [5.41, 5.74) is 3.49. The van der Waals surface area contributed by atoms with Crippen molar-refractivity contribution in [2.75, 3.05) is 0 Å². The Morgan fingerprint density at radius 2 is 1.96 bits per heavy atom.